The number of hydrogen-bond donors (Lipinski definition) is 1. The maximum atomic E-state index is 12.5. The maximum Gasteiger partial charge on any atom is 0.411 e. The molecule has 1 aliphatic rings. The van der Waals surface area contributed by atoms with Gasteiger partial charge >= 0.3 is 12.1 Å². The van der Waals surface area contributed by atoms with Gasteiger partial charge in [-0.3, -0.25) is 4.90 Å². The van der Waals surface area contributed by atoms with E-state index in [1.54, 1.807) is 45.0 Å². The summed E-state index contributed by atoms with van der Waals surface area (Å²) in [5.74, 6) is -0.453. The summed E-state index contributed by atoms with van der Waals surface area (Å²) < 4.78 is 16.5. The molecular weight excluding hydrogens is 352 g/mol. The Kier molecular flexibility index (Phi) is 5.98. The molecule has 8 heteroatoms. The average Bonchev–Trinajstić information content (AvgIpc) is 2.90. The summed E-state index contributed by atoms with van der Waals surface area (Å²) in [7, 11) is 0. The smallest absolute Gasteiger partial charge is 0.411 e. The molecule has 1 aromatic rings. The Balaban J connectivity index is 2.14. The number of nitrogens with zero attached hydrogens (tertiary/aromatic N) is 2. The van der Waals surface area contributed by atoms with Crippen LogP contribution in [0.2, 0.25) is 0 Å². The summed E-state index contributed by atoms with van der Waals surface area (Å²) in [6.07, 6.45) is 0.486. The molecule has 27 heavy (non-hydrogen) atoms. The number of amides is 1. The molecule has 1 aliphatic heterocycles. The van der Waals surface area contributed by atoms with Crippen molar-refractivity contribution < 1.29 is 28.9 Å². The van der Waals surface area contributed by atoms with Crippen LogP contribution in [0.1, 0.15) is 34.1 Å². The average molecular weight is 378 g/mol. The van der Waals surface area contributed by atoms with Gasteiger partial charge in [-0.1, -0.05) is 18.7 Å². The SMILES string of the molecule is C=CCOc1cccc(O[C@H]2CN(C(=O)OC(C)(C)C)[C@](C)(C(=O)O)C2)n1. The van der Waals surface area contributed by atoms with Crippen LogP contribution in [0.25, 0.3) is 0 Å². The number of carbonyl (C=O) groups excluding carboxylic acids is 1. The van der Waals surface area contributed by atoms with Gasteiger partial charge < -0.3 is 19.3 Å². The van der Waals surface area contributed by atoms with E-state index < -0.39 is 29.3 Å². The van der Waals surface area contributed by atoms with Crippen molar-refractivity contribution in [2.24, 2.45) is 0 Å². The fourth-order valence-electron chi connectivity index (χ4n) is 2.75. The summed E-state index contributed by atoms with van der Waals surface area (Å²) in [5.41, 5.74) is -2.15. The summed E-state index contributed by atoms with van der Waals surface area (Å²) in [5, 5.41) is 9.67. The lowest BCUT2D eigenvalue weighted by Crippen LogP contribution is -2.52. The van der Waals surface area contributed by atoms with E-state index in [2.05, 4.69) is 11.6 Å². The molecule has 8 nitrogen and oxygen atoms in total. The first kappa shape index (κ1) is 20.5. The lowest BCUT2D eigenvalue weighted by molar-refractivity contribution is -0.148. The molecule has 2 rings (SSSR count). The van der Waals surface area contributed by atoms with E-state index in [0.29, 0.717) is 18.4 Å². The second-order valence-corrected chi connectivity index (χ2v) is 7.53. The molecule has 0 aliphatic carbocycles. The van der Waals surface area contributed by atoms with Crippen molar-refractivity contribution >= 4 is 12.1 Å². The van der Waals surface area contributed by atoms with Crippen LogP contribution in [0, 0.1) is 0 Å². The zero-order chi connectivity index (χ0) is 20.2. The van der Waals surface area contributed by atoms with Gasteiger partial charge in [0.1, 0.15) is 23.9 Å². The van der Waals surface area contributed by atoms with Crippen LogP contribution >= 0.6 is 0 Å². The third-order valence-corrected chi connectivity index (χ3v) is 4.02. The number of aliphatic carboxylic acids is 1. The minimum Gasteiger partial charge on any atom is -0.480 e. The van der Waals surface area contributed by atoms with Gasteiger partial charge in [0.2, 0.25) is 11.8 Å². The minimum absolute atomic E-state index is 0.0805. The summed E-state index contributed by atoms with van der Waals surface area (Å²) in [4.78, 5) is 29.7. The largest absolute Gasteiger partial charge is 0.480 e. The molecule has 0 radical (unpaired) electrons. The number of hydrogen-bond acceptors (Lipinski definition) is 6. The van der Waals surface area contributed by atoms with Crippen molar-refractivity contribution in [3.63, 3.8) is 0 Å². The van der Waals surface area contributed by atoms with Crippen LogP contribution in [0.15, 0.2) is 30.9 Å². The van der Waals surface area contributed by atoms with Gasteiger partial charge in [0.05, 0.1) is 6.54 Å². The van der Waals surface area contributed by atoms with Crippen LogP contribution in [-0.2, 0) is 9.53 Å². The number of likely N-dealkylation sites (tertiary alicyclic amines) is 1. The third kappa shape index (κ3) is 5.12. The lowest BCUT2D eigenvalue weighted by atomic mass is 9.99. The topological polar surface area (TPSA) is 98.2 Å². The number of pyridine rings is 1. The molecule has 1 saturated heterocycles. The normalized spacial score (nSPS) is 22.2. The van der Waals surface area contributed by atoms with E-state index >= 15 is 0 Å². The van der Waals surface area contributed by atoms with E-state index in [0.717, 1.165) is 0 Å². The molecule has 0 saturated carbocycles. The summed E-state index contributed by atoms with van der Waals surface area (Å²) >= 11 is 0. The first-order valence-corrected chi connectivity index (χ1v) is 8.66. The quantitative estimate of drug-likeness (QED) is 0.760. The van der Waals surface area contributed by atoms with E-state index in [-0.39, 0.29) is 13.0 Å². The first-order chi connectivity index (χ1) is 12.5. The standard InChI is InChI=1S/C19H26N2O6/c1-6-10-25-14-8-7-9-15(20-14)26-13-11-19(5,16(22)23)21(12-13)17(24)27-18(2,3)4/h6-9,13H,1,10-12H2,2-5H3,(H,22,23)/t13-,19+/m1/s1. The highest BCUT2D eigenvalue weighted by molar-refractivity contribution is 5.85. The molecule has 1 N–H and O–H groups in total. The molecule has 0 bridgehead atoms. The van der Waals surface area contributed by atoms with Gasteiger partial charge in [0.25, 0.3) is 0 Å². The van der Waals surface area contributed by atoms with Gasteiger partial charge in [0.15, 0.2) is 0 Å². The van der Waals surface area contributed by atoms with Crippen molar-refractivity contribution in [2.45, 2.75) is 51.4 Å². The molecule has 2 heterocycles. The Morgan fingerprint density at radius 1 is 1.41 bits per heavy atom. The van der Waals surface area contributed by atoms with Gasteiger partial charge in [-0.05, 0) is 27.7 Å². The Morgan fingerprint density at radius 2 is 2.07 bits per heavy atom. The Labute approximate surface area is 158 Å². The second-order valence-electron chi connectivity index (χ2n) is 7.53. The molecule has 1 amide bonds. The van der Waals surface area contributed by atoms with Crippen LogP contribution in [0.4, 0.5) is 4.79 Å². The summed E-state index contributed by atoms with van der Waals surface area (Å²) in [6.45, 7) is 10.6. The molecule has 148 valence electrons. The number of carbonyl (C=O) groups is 2. The predicted molar refractivity (Wildman–Crippen MR) is 97.9 cm³/mol. The number of carboxylic acid groups (broad SMARTS) is 1. The Morgan fingerprint density at radius 3 is 2.67 bits per heavy atom. The van der Waals surface area contributed by atoms with Crippen LogP contribution in [-0.4, -0.2) is 57.4 Å². The van der Waals surface area contributed by atoms with Crippen LogP contribution in [0.3, 0.4) is 0 Å². The van der Waals surface area contributed by atoms with Crippen LogP contribution < -0.4 is 9.47 Å². The maximum absolute atomic E-state index is 12.5. The highest BCUT2D eigenvalue weighted by Crippen LogP contribution is 2.33. The predicted octanol–water partition coefficient (Wildman–Crippen LogP) is 2.88. The second kappa shape index (κ2) is 7.85. The third-order valence-electron chi connectivity index (χ3n) is 4.02. The van der Waals surface area contributed by atoms with E-state index in [1.165, 1.54) is 11.8 Å². The molecule has 1 fully saturated rings. The first-order valence-electron chi connectivity index (χ1n) is 8.66. The number of ether oxygens (including phenoxy) is 3. The molecule has 0 spiro atoms. The Bertz CT molecular complexity index is 714. The number of carboxylic acids is 1. The number of aromatic nitrogens is 1. The highest BCUT2D eigenvalue weighted by atomic mass is 16.6. The van der Waals surface area contributed by atoms with Crippen molar-refractivity contribution in [3.8, 4) is 11.8 Å². The fourth-order valence-corrected chi connectivity index (χ4v) is 2.75. The Hall–Kier alpha value is -2.77. The summed E-state index contributed by atoms with van der Waals surface area (Å²) in [6, 6.07) is 5.05. The fraction of sp³-hybridized carbons (Fsp3) is 0.526. The van der Waals surface area contributed by atoms with E-state index in [9.17, 15) is 14.7 Å². The zero-order valence-corrected chi connectivity index (χ0v) is 16.1. The highest BCUT2D eigenvalue weighted by Gasteiger charge is 2.52. The zero-order valence-electron chi connectivity index (χ0n) is 16.1. The van der Waals surface area contributed by atoms with Crippen LogP contribution in [0.5, 0.6) is 11.8 Å². The van der Waals surface area contributed by atoms with E-state index in [1.807, 2.05) is 0 Å². The molecule has 1 aromatic heterocycles. The van der Waals surface area contributed by atoms with Gasteiger partial charge in [-0.15, -0.1) is 0 Å². The van der Waals surface area contributed by atoms with Gasteiger partial charge in [-0.2, -0.15) is 4.98 Å². The van der Waals surface area contributed by atoms with Crippen molar-refractivity contribution in [1.82, 2.24) is 9.88 Å². The van der Waals surface area contributed by atoms with Gasteiger partial charge in [0, 0.05) is 18.6 Å². The van der Waals surface area contributed by atoms with Crippen molar-refractivity contribution in [1.29, 1.82) is 0 Å². The monoisotopic (exact) mass is 378 g/mol. The van der Waals surface area contributed by atoms with E-state index in [4.69, 9.17) is 14.2 Å². The van der Waals surface area contributed by atoms with Crippen molar-refractivity contribution in [2.75, 3.05) is 13.2 Å². The molecular formula is C19H26N2O6. The minimum atomic E-state index is -1.43. The number of rotatable bonds is 6. The van der Waals surface area contributed by atoms with Gasteiger partial charge in [-0.25, -0.2) is 9.59 Å². The van der Waals surface area contributed by atoms with Crippen molar-refractivity contribution in [3.05, 3.63) is 30.9 Å². The molecule has 0 unspecified atom stereocenters. The molecule has 0 aromatic carbocycles. The molecule has 2 atom stereocenters. The lowest BCUT2D eigenvalue weighted by Gasteiger charge is -2.32.